The van der Waals surface area contributed by atoms with Crippen molar-refractivity contribution in [1.82, 2.24) is 4.57 Å². The highest BCUT2D eigenvalue weighted by Gasteiger charge is 2.07. The summed E-state index contributed by atoms with van der Waals surface area (Å²) in [6.45, 7) is 0. The van der Waals surface area contributed by atoms with Crippen molar-refractivity contribution in [2.45, 2.75) is 6.42 Å². The monoisotopic (exact) mass is 283 g/mol. The standard InChI is InChI=1S/C17H14ClNO/c1-19-16-11-14(18)7-8-15(16)13(10-17(19)20)9-12-5-3-2-4-6-12/h2-8,10-11H,9H2,1H3. The Morgan fingerprint density at radius 2 is 1.80 bits per heavy atom. The van der Waals surface area contributed by atoms with E-state index in [2.05, 4.69) is 12.1 Å². The van der Waals surface area contributed by atoms with E-state index >= 15 is 0 Å². The Balaban J connectivity index is 2.21. The van der Waals surface area contributed by atoms with E-state index < -0.39 is 0 Å². The number of pyridine rings is 1. The largest absolute Gasteiger partial charge is 0.311 e. The average Bonchev–Trinajstić information content (AvgIpc) is 2.45. The first kappa shape index (κ1) is 12.9. The summed E-state index contributed by atoms with van der Waals surface area (Å²) >= 11 is 6.04. The second-order valence-corrected chi connectivity index (χ2v) is 5.33. The minimum Gasteiger partial charge on any atom is -0.311 e. The number of rotatable bonds is 2. The molecule has 2 nitrogen and oxygen atoms in total. The van der Waals surface area contributed by atoms with Crippen LogP contribution in [0.2, 0.25) is 5.02 Å². The zero-order valence-corrected chi connectivity index (χ0v) is 11.9. The predicted octanol–water partition coefficient (Wildman–Crippen LogP) is 3.78. The first-order valence-electron chi connectivity index (χ1n) is 6.47. The van der Waals surface area contributed by atoms with E-state index in [1.165, 1.54) is 5.56 Å². The van der Waals surface area contributed by atoms with Crippen molar-refractivity contribution in [2.75, 3.05) is 0 Å². The van der Waals surface area contributed by atoms with Crippen LogP contribution in [0.1, 0.15) is 11.1 Å². The molecular weight excluding hydrogens is 270 g/mol. The van der Waals surface area contributed by atoms with Gasteiger partial charge in [-0.25, -0.2) is 0 Å². The van der Waals surface area contributed by atoms with Crippen molar-refractivity contribution in [3.05, 3.63) is 81.1 Å². The average molecular weight is 284 g/mol. The van der Waals surface area contributed by atoms with Crippen LogP contribution in [0.25, 0.3) is 10.9 Å². The molecule has 0 aliphatic rings. The van der Waals surface area contributed by atoms with Crippen LogP contribution in [0.4, 0.5) is 0 Å². The maximum absolute atomic E-state index is 12.1. The molecule has 0 fully saturated rings. The lowest BCUT2D eigenvalue weighted by Gasteiger charge is -2.10. The lowest BCUT2D eigenvalue weighted by Crippen LogP contribution is -2.17. The van der Waals surface area contributed by atoms with Crippen molar-refractivity contribution >= 4 is 22.5 Å². The molecule has 0 bridgehead atoms. The third-order valence-corrected chi connectivity index (χ3v) is 3.77. The Labute approximate surface area is 122 Å². The molecule has 100 valence electrons. The van der Waals surface area contributed by atoms with Crippen LogP contribution >= 0.6 is 11.6 Å². The molecule has 0 N–H and O–H groups in total. The van der Waals surface area contributed by atoms with Gasteiger partial charge in [0.2, 0.25) is 0 Å². The Hall–Kier alpha value is -2.06. The van der Waals surface area contributed by atoms with E-state index in [0.29, 0.717) is 5.02 Å². The summed E-state index contributed by atoms with van der Waals surface area (Å²) in [6.07, 6.45) is 0.745. The zero-order chi connectivity index (χ0) is 14.1. The van der Waals surface area contributed by atoms with E-state index in [9.17, 15) is 4.79 Å². The van der Waals surface area contributed by atoms with Crippen molar-refractivity contribution in [1.29, 1.82) is 0 Å². The summed E-state index contributed by atoms with van der Waals surface area (Å²) in [7, 11) is 1.77. The lowest BCUT2D eigenvalue weighted by atomic mass is 10.0. The third-order valence-electron chi connectivity index (χ3n) is 3.53. The van der Waals surface area contributed by atoms with Crippen LogP contribution in [0.5, 0.6) is 0 Å². The molecule has 1 aromatic heterocycles. The van der Waals surface area contributed by atoms with Gasteiger partial charge in [0, 0.05) is 23.5 Å². The quantitative estimate of drug-likeness (QED) is 0.701. The van der Waals surface area contributed by atoms with Gasteiger partial charge in [-0.15, -0.1) is 0 Å². The number of aryl methyl sites for hydroxylation is 1. The topological polar surface area (TPSA) is 22.0 Å². The predicted molar refractivity (Wildman–Crippen MR) is 83.4 cm³/mol. The zero-order valence-electron chi connectivity index (χ0n) is 11.1. The van der Waals surface area contributed by atoms with Crippen LogP contribution in [-0.2, 0) is 13.5 Å². The summed E-state index contributed by atoms with van der Waals surface area (Å²) in [5, 5.41) is 1.71. The van der Waals surface area contributed by atoms with Crippen LogP contribution < -0.4 is 5.56 Å². The van der Waals surface area contributed by atoms with E-state index in [1.54, 1.807) is 17.7 Å². The van der Waals surface area contributed by atoms with Gasteiger partial charge in [-0.3, -0.25) is 4.79 Å². The van der Waals surface area contributed by atoms with E-state index in [1.807, 2.05) is 36.4 Å². The normalized spacial score (nSPS) is 10.9. The summed E-state index contributed by atoms with van der Waals surface area (Å²) in [5.74, 6) is 0. The number of hydrogen-bond donors (Lipinski definition) is 0. The molecule has 0 radical (unpaired) electrons. The molecular formula is C17H14ClNO. The molecule has 0 saturated heterocycles. The molecule has 0 unspecified atom stereocenters. The Morgan fingerprint density at radius 1 is 1.05 bits per heavy atom. The molecule has 2 aromatic carbocycles. The van der Waals surface area contributed by atoms with Crippen LogP contribution in [0.3, 0.4) is 0 Å². The lowest BCUT2D eigenvalue weighted by molar-refractivity contribution is 0.900. The number of benzene rings is 2. The van der Waals surface area contributed by atoms with Gasteiger partial charge in [-0.2, -0.15) is 0 Å². The SMILES string of the molecule is Cn1c(=O)cc(Cc2ccccc2)c2ccc(Cl)cc21. The van der Waals surface area contributed by atoms with Crippen LogP contribution in [0.15, 0.2) is 59.4 Å². The third kappa shape index (κ3) is 2.35. The maximum Gasteiger partial charge on any atom is 0.251 e. The van der Waals surface area contributed by atoms with Gasteiger partial charge < -0.3 is 4.57 Å². The van der Waals surface area contributed by atoms with Gasteiger partial charge in [0.1, 0.15) is 0 Å². The van der Waals surface area contributed by atoms with Gasteiger partial charge in [0.15, 0.2) is 0 Å². The highest BCUT2D eigenvalue weighted by Crippen LogP contribution is 2.22. The van der Waals surface area contributed by atoms with Crippen LogP contribution in [-0.4, -0.2) is 4.57 Å². The van der Waals surface area contributed by atoms with E-state index in [-0.39, 0.29) is 5.56 Å². The number of nitrogens with zero attached hydrogens (tertiary/aromatic N) is 1. The second kappa shape index (κ2) is 5.14. The number of hydrogen-bond acceptors (Lipinski definition) is 1. The molecule has 3 rings (SSSR count). The van der Waals surface area contributed by atoms with Gasteiger partial charge in [-0.1, -0.05) is 48.0 Å². The molecule has 1 heterocycles. The van der Waals surface area contributed by atoms with E-state index in [4.69, 9.17) is 11.6 Å². The first-order chi connectivity index (χ1) is 9.65. The maximum atomic E-state index is 12.1. The molecule has 20 heavy (non-hydrogen) atoms. The van der Waals surface area contributed by atoms with Crippen molar-refractivity contribution in [3.63, 3.8) is 0 Å². The summed E-state index contributed by atoms with van der Waals surface area (Å²) in [4.78, 5) is 12.1. The number of fused-ring (bicyclic) bond motifs is 1. The fraction of sp³-hybridized carbons (Fsp3) is 0.118. The Bertz CT molecular complexity index is 822. The minimum absolute atomic E-state index is 0.00861. The van der Waals surface area contributed by atoms with E-state index in [0.717, 1.165) is 22.9 Å². The Kier molecular flexibility index (Phi) is 3.33. The second-order valence-electron chi connectivity index (χ2n) is 4.89. The smallest absolute Gasteiger partial charge is 0.251 e. The first-order valence-corrected chi connectivity index (χ1v) is 6.85. The Morgan fingerprint density at radius 3 is 2.55 bits per heavy atom. The van der Waals surface area contributed by atoms with Gasteiger partial charge in [0.25, 0.3) is 5.56 Å². The fourth-order valence-corrected chi connectivity index (χ4v) is 2.62. The molecule has 0 spiro atoms. The fourth-order valence-electron chi connectivity index (χ4n) is 2.46. The molecule has 3 heteroatoms. The van der Waals surface area contributed by atoms with Crippen molar-refractivity contribution in [2.24, 2.45) is 7.05 Å². The highest BCUT2D eigenvalue weighted by molar-refractivity contribution is 6.31. The minimum atomic E-state index is -0.00861. The van der Waals surface area contributed by atoms with Gasteiger partial charge in [-0.05, 0) is 29.7 Å². The van der Waals surface area contributed by atoms with Crippen molar-refractivity contribution < 1.29 is 0 Å². The summed E-state index contributed by atoms with van der Waals surface area (Å²) in [5.41, 5.74) is 3.09. The number of halogens is 1. The molecule has 0 amide bonds. The van der Waals surface area contributed by atoms with Crippen LogP contribution in [0, 0.1) is 0 Å². The molecule has 0 atom stereocenters. The highest BCUT2D eigenvalue weighted by atomic mass is 35.5. The molecule has 0 aliphatic carbocycles. The summed E-state index contributed by atoms with van der Waals surface area (Å²) in [6, 6.07) is 17.5. The van der Waals surface area contributed by atoms with Gasteiger partial charge in [0.05, 0.1) is 5.52 Å². The molecule has 0 aliphatic heterocycles. The molecule has 3 aromatic rings. The summed E-state index contributed by atoms with van der Waals surface area (Å²) < 4.78 is 1.63. The number of aromatic nitrogens is 1. The van der Waals surface area contributed by atoms with Crippen molar-refractivity contribution in [3.8, 4) is 0 Å². The molecule has 0 saturated carbocycles. The van der Waals surface area contributed by atoms with Gasteiger partial charge >= 0.3 is 0 Å².